The van der Waals surface area contributed by atoms with E-state index in [9.17, 15) is 9.59 Å². The number of aldehydes is 1. The van der Waals surface area contributed by atoms with Gasteiger partial charge in [0.05, 0.1) is 5.56 Å². The zero-order valence-electron chi connectivity index (χ0n) is 9.03. The number of H-pyrrole nitrogens is 1. The number of rotatable bonds is 2. The zero-order valence-corrected chi connectivity index (χ0v) is 10.6. The molecule has 0 radical (unpaired) electrons. The maximum absolute atomic E-state index is 11.8. The summed E-state index contributed by atoms with van der Waals surface area (Å²) in [5.41, 5.74) is 2.22. The van der Waals surface area contributed by atoms with Crippen LogP contribution in [0.25, 0.3) is 11.1 Å². The molecule has 2 aromatic heterocycles. The van der Waals surface area contributed by atoms with Crippen LogP contribution in [0.4, 0.5) is 0 Å². The minimum Gasteiger partial charge on any atom is -0.327 e. The molecule has 0 saturated carbocycles. The van der Waals surface area contributed by atoms with E-state index in [2.05, 4.69) is 25.9 Å². The zero-order chi connectivity index (χ0) is 12.4. The Hall–Kier alpha value is -1.75. The van der Waals surface area contributed by atoms with Crippen LogP contribution in [0, 0.1) is 6.92 Å². The van der Waals surface area contributed by atoms with Crippen LogP contribution in [0.5, 0.6) is 0 Å². The molecule has 0 saturated heterocycles. The monoisotopic (exact) mass is 292 g/mol. The molecular formula is C12H9BrN2O2. The van der Waals surface area contributed by atoms with E-state index >= 15 is 0 Å². The van der Waals surface area contributed by atoms with Crippen LogP contribution in [-0.4, -0.2) is 16.3 Å². The Balaban J connectivity index is 2.72. The van der Waals surface area contributed by atoms with Gasteiger partial charge in [0.2, 0.25) is 0 Å². The summed E-state index contributed by atoms with van der Waals surface area (Å²) in [6.45, 7) is 1.84. The predicted octanol–water partition coefficient (Wildman–Crippen LogP) is 2.32. The second-order valence-corrected chi connectivity index (χ2v) is 4.44. The summed E-state index contributed by atoms with van der Waals surface area (Å²) < 4.78 is 0.809. The van der Waals surface area contributed by atoms with Crippen molar-refractivity contribution < 1.29 is 4.79 Å². The van der Waals surface area contributed by atoms with Crippen molar-refractivity contribution in [1.29, 1.82) is 0 Å². The largest absolute Gasteiger partial charge is 0.327 e. The number of hydrogen-bond donors (Lipinski definition) is 1. The van der Waals surface area contributed by atoms with Crippen LogP contribution in [0.2, 0.25) is 0 Å². The van der Waals surface area contributed by atoms with Gasteiger partial charge in [-0.25, -0.2) is 0 Å². The third-order valence-electron chi connectivity index (χ3n) is 2.47. The lowest BCUT2D eigenvalue weighted by Gasteiger charge is -2.06. The third-order valence-corrected chi connectivity index (χ3v) is 3.30. The van der Waals surface area contributed by atoms with Crippen molar-refractivity contribution in [3.05, 3.63) is 50.6 Å². The fourth-order valence-corrected chi connectivity index (χ4v) is 1.92. The molecular weight excluding hydrogens is 284 g/mol. The van der Waals surface area contributed by atoms with Crippen molar-refractivity contribution in [2.24, 2.45) is 0 Å². The molecule has 0 amide bonds. The fourth-order valence-electron chi connectivity index (χ4n) is 1.61. The molecule has 4 nitrogen and oxygen atoms in total. The molecule has 0 aliphatic rings. The van der Waals surface area contributed by atoms with Crippen molar-refractivity contribution in [3.8, 4) is 11.1 Å². The molecule has 2 aromatic rings. The molecule has 0 fully saturated rings. The Labute approximate surface area is 106 Å². The highest BCUT2D eigenvalue weighted by Crippen LogP contribution is 2.24. The van der Waals surface area contributed by atoms with E-state index in [0.29, 0.717) is 23.0 Å². The van der Waals surface area contributed by atoms with Gasteiger partial charge < -0.3 is 4.98 Å². The summed E-state index contributed by atoms with van der Waals surface area (Å²) in [4.78, 5) is 29.1. The molecule has 86 valence electrons. The van der Waals surface area contributed by atoms with Crippen molar-refractivity contribution in [1.82, 2.24) is 9.97 Å². The maximum Gasteiger partial charge on any atom is 0.256 e. The van der Waals surface area contributed by atoms with E-state index in [1.165, 1.54) is 6.20 Å². The minimum atomic E-state index is -0.199. The second kappa shape index (κ2) is 4.63. The summed E-state index contributed by atoms with van der Waals surface area (Å²) in [5.74, 6) is 0. The van der Waals surface area contributed by atoms with Crippen molar-refractivity contribution in [2.45, 2.75) is 6.92 Å². The summed E-state index contributed by atoms with van der Waals surface area (Å²) in [5, 5.41) is 0. The first-order valence-electron chi connectivity index (χ1n) is 4.92. The standard InChI is InChI=1S/C12H9BrN2O2/c1-7-10(13)5-15-12(17)11(7)9-2-8(6-16)3-14-4-9/h2-6H,1H3,(H,15,17). The van der Waals surface area contributed by atoms with E-state index in [1.807, 2.05) is 6.92 Å². The second-order valence-electron chi connectivity index (χ2n) is 3.59. The number of carbonyl (C=O) groups excluding carboxylic acids is 1. The highest BCUT2D eigenvalue weighted by molar-refractivity contribution is 9.10. The molecule has 5 heteroatoms. The number of nitrogens with one attached hydrogen (secondary N) is 1. The lowest BCUT2D eigenvalue weighted by molar-refractivity contribution is 0.112. The van der Waals surface area contributed by atoms with E-state index in [1.54, 1.807) is 18.5 Å². The smallest absolute Gasteiger partial charge is 0.256 e. The number of aromatic nitrogens is 2. The number of nitrogens with zero attached hydrogens (tertiary/aromatic N) is 1. The molecule has 0 unspecified atom stereocenters. The first kappa shape index (κ1) is 11.7. The van der Waals surface area contributed by atoms with Crippen LogP contribution in [-0.2, 0) is 0 Å². The SMILES string of the molecule is Cc1c(Br)c[nH]c(=O)c1-c1cncc(C=O)c1. The van der Waals surface area contributed by atoms with Gasteiger partial charge in [-0.15, -0.1) is 0 Å². The Bertz CT molecular complexity index is 635. The molecule has 0 aliphatic heterocycles. The van der Waals surface area contributed by atoms with Crippen LogP contribution in [0.3, 0.4) is 0 Å². The van der Waals surface area contributed by atoms with Gasteiger partial charge in [-0.3, -0.25) is 14.6 Å². The topological polar surface area (TPSA) is 62.8 Å². The quantitative estimate of drug-likeness (QED) is 0.864. The third kappa shape index (κ3) is 2.19. The Morgan fingerprint density at radius 2 is 2.18 bits per heavy atom. The van der Waals surface area contributed by atoms with Gasteiger partial charge in [0.1, 0.15) is 0 Å². The number of aromatic amines is 1. The normalized spacial score (nSPS) is 10.2. The average molecular weight is 293 g/mol. The molecule has 0 aromatic carbocycles. The molecule has 0 bridgehead atoms. The Kier molecular flexibility index (Phi) is 3.19. The van der Waals surface area contributed by atoms with Crippen LogP contribution >= 0.6 is 15.9 Å². The van der Waals surface area contributed by atoms with Gasteiger partial charge in [0.15, 0.2) is 6.29 Å². The number of hydrogen-bond acceptors (Lipinski definition) is 3. The summed E-state index contributed by atoms with van der Waals surface area (Å²) in [7, 11) is 0. The van der Waals surface area contributed by atoms with Crippen molar-refractivity contribution in [2.75, 3.05) is 0 Å². The van der Waals surface area contributed by atoms with E-state index in [4.69, 9.17) is 0 Å². The molecule has 2 rings (SSSR count). The molecule has 17 heavy (non-hydrogen) atoms. The Morgan fingerprint density at radius 1 is 1.41 bits per heavy atom. The lowest BCUT2D eigenvalue weighted by Crippen LogP contribution is -2.10. The number of carbonyl (C=O) groups is 1. The van der Waals surface area contributed by atoms with E-state index in [0.717, 1.165) is 10.0 Å². The van der Waals surface area contributed by atoms with E-state index < -0.39 is 0 Å². The molecule has 2 heterocycles. The van der Waals surface area contributed by atoms with Crippen molar-refractivity contribution in [3.63, 3.8) is 0 Å². The van der Waals surface area contributed by atoms with E-state index in [-0.39, 0.29) is 5.56 Å². The average Bonchev–Trinajstić information content (AvgIpc) is 2.35. The van der Waals surface area contributed by atoms with Gasteiger partial charge in [0, 0.05) is 34.2 Å². The highest BCUT2D eigenvalue weighted by atomic mass is 79.9. The summed E-state index contributed by atoms with van der Waals surface area (Å²) in [6, 6.07) is 1.64. The molecule has 1 N–H and O–H groups in total. The minimum absolute atomic E-state index is 0.199. The first-order chi connectivity index (χ1) is 8.13. The summed E-state index contributed by atoms with van der Waals surface area (Å²) in [6.07, 6.45) is 5.32. The Morgan fingerprint density at radius 3 is 2.88 bits per heavy atom. The van der Waals surface area contributed by atoms with Gasteiger partial charge >= 0.3 is 0 Å². The molecule has 0 spiro atoms. The van der Waals surface area contributed by atoms with Crippen LogP contribution in [0.15, 0.2) is 33.9 Å². The van der Waals surface area contributed by atoms with Crippen LogP contribution in [0.1, 0.15) is 15.9 Å². The maximum atomic E-state index is 11.8. The van der Waals surface area contributed by atoms with Crippen molar-refractivity contribution >= 4 is 22.2 Å². The lowest BCUT2D eigenvalue weighted by atomic mass is 10.0. The van der Waals surface area contributed by atoms with Gasteiger partial charge in [0.25, 0.3) is 5.56 Å². The number of halogens is 1. The first-order valence-corrected chi connectivity index (χ1v) is 5.71. The van der Waals surface area contributed by atoms with Gasteiger partial charge in [-0.05, 0) is 34.5 Å². The molecule has 0 atom stereocenters. The highest BCUT2D eigenvalue weighted by Gasteiger charge is 2.10. The van der Waals surface area contributed by atoms with Gasteiger partial charge in [-0.1, -0.05) is 0 Å². The predicted molar refractivity (Wildman–Crippen MR) is 68.1 cm³/mol. The van der Waals surface area contributed by atoms with Gasteiger partial charge in [-0.2, -0.15) is 0 Å². The fraction of sp³-hybridized carbons (Fsp3) is 0.0833. The molecule has 0 aliphatic carbocycles. The number of pyridine rings is 2. The van der Waals surface area contributed by atoms with Crippen LogP contribution < -0.4 is 5.56 Å². The summed E-state index contributed by atoms with van der Waals surface area (Å²) >= 11 is 3.35.